The number of hydrogen-bond donors (Lipinski definition) is 3. The van der Waals surface area contributed by atoms with E-state index in [-0.39, 0.29) is 24.0 Å². The van der Waals surface area contributed by atoms with Crippen LogP contribution in [0.5, 0.6) is 0 Å². The van der Waals surface area contributed by atoms with Crippen LogP contribution in [0.1, 0.15) is 29.8 Å². The number of carbonyl (C=O) groups is 2. The van der Waals surface area contributed by atoms with E-state index in [2.05, 4.69) is 10.3 Å². The number of nitrogens with one attached hydrogen (secondary N) is 1. The van der Waals surface area contributed by atoms with Crippen molar-refractivity contribution >= 4 is 23.4 Å². The molecule has 1 fully saturated rings. The third-order valence-corrected chi connectivity index (χ3v) is 3.26. The molecule has 1 aliphatic rings. The summed E-state index contributed by atoms with van der Waals surface area (Å²) < 4.78 is 0. The first-order valence-electron chi connectivity index (χ1n) is 6.59. The average molecular weight is 278 g/mol. The van der Waals surface area contributed by atoms with E-state index in [1.165, 1.54) is 12.1 Å². The Kier molecular flexibility index (Phi) is 4.39. The monoisotopic (exact) mass is 278 g/mol. The Morgan fingerprint density at radius 1 is 1.30 bits per heavy atom. The maximum Gasteiger partial charge on any atom is 0.354 e. The number of nitrogens with zero attached hydrogens (tertiary/aromatic N) is 2. The van der Waals surface area contributed by atoms with E-state index < -0.39 is 5.97 Å². The van der Waals surface area contributed by atoms with Gasteiger partial charge in [-0.3, -0.25) is 4.79 Å². The van der Waals surface area contributed by atoms with Crippen molar-refractivity contribution in [3.05, 3.63) is 17.8 Å². The molecule has 1 aromatic rings. The number of amides is 1. The number of nitrogens with two attached hydrogens (primary N) is 1. The topological polar surface area (TPSA) is 109 Å². The van der Waals surface area contributed by atoms with Gasteiger partial charge in [0.15, 0.2) is 11.5 Å². The zero-order chi connectivity index (χ0) is 14.5. The van der Waals surface area contributed by atoms with Gasteiger partial charge in [-0.1, -0.05) is 0 Å². The highest BCUT2D eigenvalue weighted by Crippen LogP contribution is 2.16. The summed E-state index contributed by atoms with van der Waals surface area (Å²) in [5.74, 6) is -0.919. The van der Waals surface area contributed by atoms with E-state index in [1.54, 1.807) is 4.90 Å². The van der Waals surface area contributed by atoms with Gasteiger partial charge in [-0.15, -0.1) is 0 Å². The zero-order valence-corrected chi connectivity index (χ0v) is 11.1. The lowest BCUT2D eigenvalue weighted by Crippen LogP contribution is -2.39. The fraction of sp³-hybridized carbons (Fsp3) is 0.462. The van der Waals surface area contributed by atoms with Crippen molar-refractivity contribution in [1.82, 2.24) is 9.88 Å². The lowest BCUT2D eigenvalue weighted by Gasteiger charge is -2.26. The maximum atomic E-state index is 12.0. The van der Waals surface area contributed by atoms with Crippen molar-refractivity contribution in [2.45, 2.75) is 19.3 Å². The van der Waals surface area contributed by atoms with Crippen LogP contribution in [0.25, 0.3) is 0 Å². The minimum atomic E-state index is -1.13. The largest absolute Gasteiger partial charge is 0.477 e. The van der Waals surface area contributed by atoms with Crippen LogP contribution in [-0.2, 0) is 4.79 Å². The van der Waals surface area contributed by atoms with Gasteiger partial charge in [0.1, 0.15) is 0 Å². The Balaban J connectivity index is 1.97. The van der Waals surface area contributed by atoms with E-state index in [4.69, 9.17) is 10.8 Å². The molecule has 108 valence electrons. The number of likely N-dealkylation sites (tertiary alicyclic amines) is 1. The molecule has 1 aromatic heterocycles. The number of piperidine rings is 1. The highest BCUT2D eigenvalue weighted by molar-refractivity contribution is 5.87. The van der Waals surface area contributed by atoms with Crippen molar-refractivity contribution in [2.75, 3.05) is 30.7 Å². The molecule has 7 heteroatoms. The summed E-state index contributed by atoms with van der Waals surface area (Å²) in [6.07, 6.45) is 3.22. The van der Waals surface area contributed by atoms with Crippen molar-refractivity contribution < 1.29 is 14.7 Å². The number of carbonyl (C=O) groups excluding carboxylic acids is 1. The van der Waals surface area contributed by atoms with E-state index in [9.17, 15) is 9.59 Å². The molecule has 4 N–H and O–H groups in total. The molecular formula is C13H18N4O3. The van der Waals surface area contributed by atoms with Crippen LogP contribution >= 0.6 is 0 Å². The summed E-state index contributed by atoms with van der Waals surface area (Å²) >= 11 is 0. The van der Waals surface area contributed by atoms with Gasteiger partial charge < -0.3 is 21.1 Å². The van der Waals surface area contributed by atoms with Crippen LogP contribution in [0, 0.1) is 0 Å². The van der Waals surface area contributed by atoms with Crippen molar-refractivity contribution in [2.24, 2.45) is 0 Å². The molecule has 0 unspecified atom stereocenters. The molecule has 7 nitrogen and oxygen atoms in total. The molecule has 20 heavy (non-hydrogen) atoms. The Labute approximate surface area is 116 Å². The van der Waals surface area contributed by atoms with E-state index in [1.807, 2.05) is 0 Å². The van der Waals surface area contributed by atoms with Gasteiger partial charge >= 0.3 is 5.97 Å². The fourth-order valence-corrected chi connectivity index (χ4v) is 2.15. The third-order valence-electron chi connectivity index (χ3n) is 3.26. The van der Waals surface area contributed by atoms with E-state index in [0.717, 1.165) is 32.4 Å². The van der Waals surface area contributed by atoms with Gasteiger partial charge in [0.2, 0.25) is 5.91 Å². The van der Waals surface area contributed by atoms with Gasteiger partial charge in [0, 0.05) is 13.1 Å². The zero-order valence-electron chi connectivity index (χ0n) is 11.1. The first kappa shape index (κ1) is 14.1. The summed E-state index contributed by atoms with van der Waals surface area (Å²) in [5, 5.41) is 11.7. The smallest absolute Gasteiger partial charge is 0.354 e. The summed E-state index contributed by atoms with van der Waals surface area (Å²) in [6.45, 7) is 1.62. The second kappa shape index (κ2) is 6.23. The number of carboxylic acid groups (broad SMARTS) is 1. The lowest BCUT2D eigenvalue weighted by atomic mass is 10.1. The number of anilines is 2. The second-order valence-electron chi connectivity index (χ2n) is 4.73. The highest BCUT2D eigenvalue weighted by atomic mass is 16.4. The predicted octanol–water partition coefficient (Wildman–Crippen LogP) is 0.786. The van der Waals surface area contributed by atoms with E-state index in [0.29, 0.717) is 5.69 Å². The molecule has 1 amide bonds. The van der Waals surface area contributed by atoms with E-state index >= 15 is 0 Å². The molecule has 1 aliphatic heterocycles. The average Bonchev–Trinajstić information content (AvgIpc) is 2.46. The molecule has 0 aromatic carbocycles. The minimum Gasteiger partial charge on any atom is -0.477 e. The van der Waals surface area contributed by atoms with Gasteiger partial charge in [0.05, 0.1) is 12.2 Å². The van der Waals surface area contributed by atoms with Gasteiger partial charge in [-0.05, 0) is 31.4 Å². The number of aromatic nitrogens is 1. The van der Waals surface area contributed by atoms with Crippen LogP contribution in [0.15, 0.2) is 12.1 Å². The molecule has 0 aliphatic carbocycles. The molecule has 0 spiro atoms. The van der Waals surface area contributed by atoms with Crippen molar-refractivity contribution in [3.8, 4) is 0 Å². The number of pyridine rings is 1. The Bertz CT molecular complexity index is 512. The molecule has 1 saturated heterocycles. The van der Waals surface area contributed by atoms with Crippen LogP contribution in [0.2, 0.25) is 0 Å². The van der Waals surface area contributed by atoms with Crippen LogP contribution in [0.4, 0.5) is 11.5 Å². The number of nitrogen functional groups attached to an aromatic ring is 1. The Hall–Kier alpha value is -2.31. The molecule has 0 bridgehead atoms. The fourth-order valence-electron chi connectivity index (χ4n) is 2.15. The number of rotatable bonds is 4. The van der Waals surface area contributed by atoms with Gasteiger partial charge in [-0.25, -0.2) is 9.78 Å². The first-order valence-corrected chi connectivity index (χ1v) is 6.59. The molecule has 0 atom stereocenters. The summed E-state index contributed by atoms with van der Waals surface area (Å²) in [7, 11) is 0. The van der Waals surface area contributed by atoms with Crippen LogP contribution < -0.4 is 11.1 Å². The number of aromatic carboxylic acids is 1. The molecular weight excluding hydrogens is 260 g/mol. The van der Waals surface area contributed by atoms with Gasteiger partial charge in [-0.2, -0.15) is 0 Å². The third kappa shape index (κ3) is 3.37. The van der Waals surface area contributed by atoms with Crippen molar-refractivity contribution in [3.63, 3.8) is 0 Å². The van der Waals surface area contributed by atoms with Crippen molar-refractivity contribution in [1.29, 1.82) is 0 Å². The molecule has 2 rings (SSSR count). The Morgan fingerprint density at radius 3 is 2.65 bits per heavy atom. The van der Waals surface area contributed by atoms with Gasteiger partial charge in [0.25, 0.3) is 0 Å². The number of hydrogen-bond acceptors (Lipinski definition) is 5. The first-order chi connectivity index (χ1) is 9.58. The Morgan fingerprint density at radius 2 is 2.00 bits per heavy atom. The highest BCUT2D eigenvalue weighted by Gasteiger charge is 2.17. The second-order valence-corrected chi connectivity index (χ2v) is 4.73. The standard InChI is InChI=1S/C13H18N4O3/c14-9-4-5-10(13(19)20)16-12(9)15-8-11(18)17-6-2-1-3-7-17/h4-5H,1-3,6-8,14H2,(H,15,16)(H,19,20). The molecule has 0 saturated carbocycles. The summed E-state index contributed by atoms with van der Waals surface area (Å²) in [6, 6.07) is 2.79. The van der Waals surface area contributed by atoms with Crippen LogP contribution in [0.3, 0.4) is 0 Å². The van der Waals surface area contributed by atoms with Crippen LogP contribution in [-0.4, -0.2) is 46.5 Å². The molecule has 2 heterocycles. The SMILES string of the molecule is Nc1ccc(C(=O)O)nc1NCC(=O)N1CCCCC1. The lowest BCUT2D eigenvalue weighted by molar-refractivity contribution is -0.130. The minimum absolute atomic E-state index is 0.0216. The predicted molar refractivity (Wildman–Crippen MR) is 74.5 cm³/mol. The number of carboxylic acids is 1. The summed E-state index contributed by atoms with van der Waals surface area (Å²) in [4.78, 5) is 28.5. The maximum absolute atomic E-state index is 12.0. The summed E-state index contributed by atoms with van der Waals surface area (Å²) in [5.41, 5.74) is 5.93. The quantitative estimate of drug-likeness (QED) is 0.751. The normalized spacial score (nSPS) is 14.9. The molecule has 0 radical (unpaired) electrons.